The maximum absolute atomic E-state index is 4.60. The Balaban J connectivity index is 2.25. The normalized spacial score (nSPS) is 12.1. The SMILES string of the molecule is Cc1cc(CNC(C)(C)C)cc(-n2ccc(C(C)C)n2)n1. The van der Waals surface area contributed by atoms with E-state index >= 15 is 0 Å². The smallest absolute Gasteiger partial charge is 0.153 e. The Kier molecular flexibility index (Phi) is 4.47. The van der Waals surface area contributed by atoms with Gasteiger partial charge in [-0.3, -0.25) is 0 Å². The molecule has 0 aliphatic heterocycles. The fourth-order valence-electron chi connectivity index (χ4n) is 2.08. The van der Waals surface area contributed by atoms with Gasteiger partial charge in [0.25, 0.3) is 0 Å². The fraction of sp³-hybridized carbons (Fsp3) is 0.529. The van der Waals surface area contributed by atoms with Crippen molar-refractivity contribution in [2.75, 3.05) is 0 Å². The van der Waals surface area contributed by atoms with Crippen LogP contribution in [0.3, 0.4) is 0 Å². The third-order valence-electron chi connectivity index (χ3n) is 3.26. The molecule has 0 amide bonds. The summed E-state index contributed by atoms with van der Waals surface area (Å²) >= 11 is 0. The zero-order valence-electron chi connectivity index (χ0n) is 13.9. The summed E-state index contributed by atoms with van der Waals surface area (Å²) in [6.07, 6.45) is 1.98. The number of hydrogen-bond acceptors (Lipinski definition) is 3. The van der Waals surface area contributed by atoms with Gasteiger partial charge < -0.3 is 5.32 Å². The van der Waals surface area contributed by atoms with Crippen molar-refractivity contribution in [2.24, 2.45) is 0 Å². The maximum Gasteiger partial charge on any atom is 0.153 e. The van der Waals surface area contributed by atoms with Crippen molar-refractivity contribution < 1.29 is 0 Å². The molecule has 0 bridgehead atoms. The molecule has 0 atom stereocenters. The average molecular weight is 286 g/mol. The highest BCUT2D eigenvalue weighted by Crippen LogP contribution is 2.15. The molecule has 114 valence electrons. The quantitative estimate of drug-likeness (QED) is 0.934. The van der Waals surface area contributed by atoms with Gasteiger partial charge in [-0.25, -0.2) is 9.67 Å². The summed E-state index contributed by atoms with van der Waals surface area (Å²) in [7, 11) is 0. The van der Waals surface area contributed by atoms with Crippen molar-refractivity contribution in [1.82, 2.24) is 20.1 Å². The van der Waals surface area contributed by atoms with Gasteiger partial charge in [0.15, 0.2) is 5.82 Å². The third-order valence-corrected chi connectivity index (χ3v) is 3.26. The third kappa shape index (κ3) is 4.39. The largest absolute Gasteiger partial charge is 0.308 e. The molecular formula is C17H26N4. The minimum absolute atomic E-state index is 0.105. The minimum atomic E-state index is 0.105. The Morgan fingerprint density at radius 3 is 2.52 bits per heavy atom. The van der Waals surface area contributed by atoms with E-state index in [4.69, 9.17) is 0 Å². The standard InChI is InChI=1S/C17H26N4/c1-12(2)15-7-8-21(20-15)16-10-14(9-13(3)19-16)11-18-17(4,5)6/h7-10,12,18H,11H2,1-6H3. The summed E-state index contributed by atoms with van der Waals surface area (Å²) in [6.45, 7) is 13.7. The van der Waals surface area contributed by atoms with E-state index in [0.717, 1.165) is 23.8 Å². The lowest BCUT2D eigenvalue weighted by Gasteiger charge is -2.20. The van der Waals surface area contributed by atoms with E-state index in [-0.39, 0.29) is 5.54 Å². The van der Waals surface area contributed by atoms with Gasteiger partial charge in [-0.15, -0.1) is 0 Å². The molecule has 0 aromatic carbocycles. The molecule has 0 spiro atoms. The van der Waals surface area contributed by atoms with Gasteiger partial charge in [0.1, 0.15) is 0 Å². The van der Waals surface area contributed by atoms with Crippen LogP contribution in [0.2, 0.25) is 0 Å². The molecule has 4 nitrogen and oxygen atoms in total. The van der Waals surface area contributed by atoms with E-state index in [1.54, 1.807) is 0 Å². The summed E-state index contributed by atoms with van der Waals surface area (Å²) < 4.78 is 1.86. The van der Waals surface area contributed by atoms with Crippen LogP contribution in [0.15, 0.2) is 24.4 Å². The first kappa shape index (κ1) is 15.7. The van der Waals surface area contributed by atoms with Crippen LogP contribution in [-0.4, -0.2) is 20.3 Å². The monoisotopic (exact) mass is 286 g/mol. The molecule has 2 aromatic rings. The first-order chi connectivity index (χ1) is 9.74. The molecule has 2 rings (SSSR count). The van der Waals surface area contributed by atoms with Crippen molar-refractivity contribution in [3.05, 3.63) is 41.3 Å². The van der Waals surface area contributed by atoms with Crippen molar-refractivity contribution in [3.63, 3.8) is 0 Å². The molecular weight excluding hydrogens is 260 g/mol. The number of aromatic nitrogens is 3. The molecule has 0 aliphatic rings. The van der Waals surface area contributed by atoms with Crippen molar-refractivity contribution in [1.29, 1.82) is 0 Å². The maximum atomic E-state index is 4.60. The van der Waals surface area contributed by atoms with Crippen LogP contribution in [0.5, 0.6) is 0 Å². The van der Waals surface area contributed by atoms with Crippen molar-refractivity contribution >= 4 is 0 Å². The van der Waals surface area contributed by atoms with Crippen molar-refractivity contribution in [3.8, 4) is 5.82 Å². The molecule has 21 heavy (non-hydrogen) atoms. The zero-order chi connectivity index (χ0) is 15.6. The summed E-state index contributed by atoms with van der Waals surface area (Å²) in [5, 5.41) is 8.11. The van der Waals surface area contributed by atoms with Gasteiger partial charge in [0.2, 0.25) is 0 Å². The van der Waals surface area contributed by atoms with Gasteiger partial charge in [0.05, 0.1) is 5.69 Å². The second-order valence-electron chi connectivity index (χ2n) is 6.92. The number of nitrogens with zero attached hydrogens (tertiary/aromatic N) is 3. The summed E-state index contributed by atoms with van der Waals surface area (Å²) in [6, 6.07) is 6.28. The Labute approximate surface area is 127 Å². The molecule has 2 heterocycles. The molecule has 0 unspecified atom stereocenters. The van der Waals surface area contributed by atoms with Crippen LogP contribution >= 0.6 is 0 Å². The summed E-state index contributed by atoms with van der Waals surface area (Å²) in [5.74, 6) is 1.31. The van der Waals surface area contributed by atoms with Gasteiger partial charge in [-0.2, -0.15) is 5.10 Å². The Hall–Kier alpha value is -1.68. The lowest BCUT2D eigenvalue weighted by molar-refractivity contribution is 0.424. The van der Waals surface area contributed by atoms with E-state index in [1.807, 2.05) is 17.8 Å². The summed E-state index contributed by atoms with van der Waals surface area (Å²) in [4.78, 5) is 4.59. The van der Waals surface area contributed by atoms with Gasteiger partial charge in [-0.1, -0.05) is 13.8 Å². The molecule has 2 aromatic heterocycles. The topological polar surface area (TPSA) is 42.7 Å². The van der Waals surface area contributed by atoms with Crippen LogP contribution in [0, 0.1) is 6.92 Å². The molecule has 1 N–H and O–H groups in total. The second-order valence-corrected chi connectivity index (χ2v) is 6.92. The zero-order valence-corrected chi connectivity index (χ0v) is 13.9. The predicted molar refractivity (Wildman–Crippen MR) is 86.8 cm³/mol. The van der Waals surface area contributed by atoms with E-state index < -0.39 is 0 Å². The summed E-state index contributed by atoms with van der Waals surface area (Å²) in [5.41, 5.74) is 3.44. The fourth-order valence-corrected chi connectivity index (χ4v) is 2.08. The highest BCUT2D eigenvalue weighted by atomic mass is 15.3. The van der Waals surface area contributed by atoms with Crippen LogP contribution in [-0.2, 0) is 6.54 Å². The lowest BCUT2D eigenvalue weighted by atomic mass is 10.1. The lowest BCUT2D eigenvalue weighted by Crippen LogP contribution is -2.35. The number of nitrogens with one attached hydrogen (secondary N) is 1. The van der Waals surface area contributed by atoms with Crippen LogP contribution in [0.1, 0.15) is 57.5 Å². The number of hydrogen-bond donors (Lipinski definition) is 1. The Morgan fingerprint density at radius 2 is 1.95 bits per heavy atom. The van der Waals surface area contributed by atoms with E-state index in [0.29, 0.717) is 5.92 Å². The highest BCUT2D eigenvalue weighted by molar-refractivity contribution is 5.30. The van der Waals surface area contributed by atoms with Crippen LogP contribution in [0.25, 0.3) is 5.82 Å². The molecule has 0 saturated heterocycles. The minimum Gasteiger partial charge on any atom is -0.308 e. The van der Waals surface area contributed by atoms with Crippen LogP contribution < -0.4 is 5.32 Å². The average Bonchev–Trinajstić information content (AvgIpc) is 2.84. The Morgan fingerprint density at radius 1 is 1.24 bits per heavy atom. The first-order valence-electron chi connectivity index (χ1n) is 7.53. The molecule has 0 aliphatic carbocycles. The molecule has 0 saturated carbocycles. The highest BCUT2D eigenvalue weighted by Gasteiger charge is 2.11. The second kappa shape index (κ2) is 5.98. The van der Waals surface area contributed by atoms with Gasteiger partial charge in [-0.05, 0) is 57.4 Å². The predicted octanol–water partition coefficient (Wildman–Crippen LogP) is 3.59. The van der Waals surface area contributed by atoms with Crippen LogP contribution in [0.4, 0.5) is 0 Å². The number of rotatable bonds is 4. The number of pyridine rings is 1. The molecule has 4 heteroatoms. The Bertz CT molecular complexity index is 605. The van der Waals surface area contributed by atoms with E-state index in [1.165, 1.54) is 5.56 Å². The van der Waals surface area contributed by atoms with Gasteiger partial charge in [0, 0.05) is 24.0 Å². The van der Waals surface area contributed by atoms with Gasteiger partial charge >= 0.3 is 0 Å². The molecule has 0 fully saturated rings. The van der Waals surface area contributed by atoms with E-state index in [2.05, 4.69) is 68.2 Å². The first-order valence-corrected chi connectivity index (χ1v) is 7.53. The number of aryl methyl sites for hydroxylation is 1. The molecule has 0 radical (unpaired) electrons. The van der Waals surface area contributed by atoms with E-state index in [9.17, 15) is 0 Å². The van der Waals surface area contributed by atoms with Crippen molar-refractivity contribution in [2.45, 2.75) is 59.5 Å².